The fraction of sp³-hybridized carbons (Fsp3) is 0.250. The Balaban J connectivity index is 1.51. The van der Waals surface area contributed by atoms with E-state index in [0.717, 1.165) is 24.1 Å². The first-order valence-electron chi connectivity index (χ1n) is 10.3. The van der Waals surface area contributed by atoms with Crippen molar-refractivity contribution in [1.82, 2.24) is 20.3 Å². The standard InChI is InChI=1S/C24H23N5O3/c1-3-16-14-18(6-9-21(16)32-20-10-12-31-13-11-20)22-26-15-27-24(29-22)28-19-7-4-17(5-8-19)23(30)25-2/h1,4-9,14-15,20H,10-13H2,2H3,(H,25,30)(H,26,27,28,29). The molecule has 1 aliphatic heterocycles. The molecule has 162 valence electrons. The lowest BCUT2D eigenvalue weighted by Gasteiger charge is -2.24. The molecular formula is C24H23N5O3. The second-order valence-electron chi connectivity index (χ2n) is 7.20. The summed E-state index contributed by atoms with van der Waals surface area (Å²) in [6.07, 6.45) is 8.96. The maximum atomic E-state index is 11.7. The zero-order valence-corrected chi connectivity index (χ0v) is 17.7. The minimum absolute atomic E-state index is 0.101. The highest BCUT2D eigenvalue weighted by Crippen LogP contribution is 2.27. The van der Waals surface area contributed by atoms with E-state index in [-0.39, 0.29) is 12.0 Å². The van der Waals surface area contributed by atoms with Gasteiger partial charge < -0.3 is 20.1 Å². The minimum atomic E-state index is -0.146. The van der Waals surface area contributed by atoms with Gasteiger partial charge in [-0.15, -0.1) is 6.42 Å². The van der Waals surface area contributed by atoms with E-state index >= 15 is 0 Å². The predicted molar refractivity (Wildman–Crippen MR) is 121 cm³/mol. The summed E-state index contributed by atoms with van der Waals surface area (Å²) < 4.78 is 11.5. The number of nitrogens with one attached hydrogen (secondary N) is 2. The average molecular weight is 429 g/mol. The smallest absolute Gasteiger partial charge is 0.251 e. The molecule has 0 radical (unpaired) electrons. The second-order valence-corrected chi connectivity index (χ2v) is 7.20. The van der Waals surface area contributed by atoms with Gasteiger partial charge >= 0.3 is 0 Å². The summed E-state index contributed by atoms with van der Waals surface area (Å²) in [6, 6.07) is 12.6. The number of rotatable bonds is 6. The lowest BCUT2D eigenvalue weighted by molar-refractivity contribution is 0.0254. The highest BCUT2D eigenvalue weighted by Gasteiger charge is 2.17. The monoisotopic (exact) mass is 429 g/mol. The van der Waals surface area contributed by atoms with Gasteiger partial charge in [0, 0.05) is 36.7 Å². The normalized spacial score (nSPS) is 13.8. The average Bonchev–Trinajstić information content (AvgIpc) is 2.85. The molecule has 1 aromatic heterocycles. The molecule has 2 aromatic carbocycles. The molecule has 1 fully saturated rings. The van der Waals surface area contributed by atoms with Crippen molar-refractivity contribution in [3.8, 4) is 29.5 Å². The lowest BCUT2D eigenvalue weighted by atomic mass is 10.1. The van der Waals surface area contributed by atoms with Crippen LogP contribution < -0.4 is 15.4 Å². The van der Waals surface area contributed by atoms with Crippen LogP contribution in [0, 0.1) is 12.3 Å². The first-order valence-corrected chi connectivity index (χ1v) is 10.3. The van der Waals surface area contributed by atoms with E-state index in [9.17, 15) is 4.79 Å². The molecule has 2 heterocycles. The molecule has 8 heteroatoms. The van der Waals surface area contributed by atoms with Gasteiger partial charge in [0.25, 0.3) is 5.91 Å². The van der Waals surface area contributed by atoms with Crippen LogP contribution in [0.3, 0.4) is 0 Å². The van der Waals surface area contributed by atoms with Crippen molar-refractivity contribution < 1.29 is 14.3 Å². The molecule has 1 aliphatic rings. The van der Waals surface area contributed by atoms with Crippen molar-refractivity contribution in [3.05, 3.63) is 59.9 Å². The molecule has 0 atom stereocenters. The van der Waals surface area contributed by atoms with Crippen LogP contribution in [0.25, 0.3) is 11.4 Å². The van der Waals surface area contributed by atoms with Gasteiger partial charge in [-0.05, 0) is 42.5 Å². The summed E-state index contributed by atoms with van der Waals surface area (Å²) in [5.41, 5.74) is 2.73. The van der Waals surface area contributed by atoms with Crippen LogP contribution in [0.2, 0.25) is 0 Å². The fourth-order valence-corrected chi connectivity index (χ4v) is 3.33. The summed E-state index contributed by atoms with van der Waals surface area (Å²) in [7, 11) is 1.59. The molecule has 8 nitrogen and oxygen atoms in total. The van der Waals surface area contributed by atoms with Crippen LogP contribution in [-0.2, 0) is 4.74 Å². The quantitative estimate of drug-likeness (QED) is 0.581. The first kappa shape index (κ1) is 21.3. The van der Waals surface area contributed by atoms with E-state index in [1.54, 1.807) is 31.3 Å². The third kappa shape index (κ3) is 5.02. The van der Waals surface area contributed by atoms with Gasteiger partial charge in [-0.25, -0.2) is 9.97 Å². The number of carbonyl (C=O) groups excluding carboxylic acids is 1. The molecule has 2 N–H and O–H groups in total. The van der Waals surface area contributed by atoms with Gasteiger partial charge in [0.15, 0.2) is 5.82 Å². The Bertz CT molecular complexity index is 1140. The zero-order valence-electron chi connectivity index (χ0n) is 17.7. The molecule has 0 aliphatic carbocycles. The number of anilines is 2. The van der Waals surface area contributed by atoms with Crippen LogP contribution in [-0.4, -0.2) is 47.2 Å². The van der Waals surface area contributed by atoms with Gasteiger partial charge in [0.2, 0.25) is 5.95 Å². The molecule has 32 heavy (non-hydrogen) atoms. The van der Waals surface area contributed by atoms with E-state index in [1.165, 1.54) is 6.33 Å². The van der Waals surface area contributed by atoms with Crippen molar-refractivity contribution in [2.24, 2.45) is 0 Å². The van der Waals surface area contributed by atoms with Gasteiger partial charge in [0.1, 0.15) is 18.2 Å². The van der Waals surface area contributed by atoms with Crippen LogP contribution in [0.1, 0.15) is 28.8 Å². The van der Waals surface area contributed by atoms with Crippen molar-refractivity contribution in [2.75, 3.05) is 25.6 Å². The molecule has 0 spiro atoms. The molecular weight excluding hydrogens is 406 g/mol. The Hall–Kier alpha value is -3.96. The van der Waals surface area contributed by atoms with E-state index in [2.05, 4.69) is 31.5 Å². The lowest BCUT2D eigenvalue weighted by Crippen LogP contribution is -2.26. The highest BCUT2D eigenvalue weighted by atomic mass is 16.5. The third-order valence-electron chi connectivity index (χ3n) is 5.06. The number of benzene rings is 2. The first-order chi connectivity index (χ1) is 15.7. The Morgan fingerprint density at radius 1 is 1.16 bits per heavy atom. The number of terminal acetylenes is 1. The maximum Gasteiger partial charge on any atom is 0.251 e. The number of amides is 1. The molecule has 1 amide bonds. The topological polar surface area (TPSA) is 98.3 Å². The number of hydrogen-bond donors (Lipinski definition) is 2. The highest BCUT2D eigenvalue weighted by molar-refractivity contribution is 5.94. The molecule has 3 aromatic rings. The van der Waals surface area contributed by atoms with E-state index in [0.29, 0.717) is 41.9 Å². The molecule has 0 bridgehead atoms. The van der Waals surface area contributed by atoms with Crippen molar-refractivity contribution in [3.63, 3.8) is 0 Å². The van der Waals surface area contributed by atoms with Gasteiger partial charge in [-0.3, -0.25) is 4.79 Å². The van der Waals surface area contributed by atoms with Crippen LogP contribution in [0.5, 0.6) is 5.75 Å². The van der Waals surface area contributed by atoms with Crippen LogP contribution in [0.15, 0.2) is 48.8 Å². The summed E-state index contributed by atoms with van der Waals surface area (Å²) in [6.45, 7) is 1.40. The van der Waals surface area contributed by atoms with Gasteiger partial charge in [-0.1, -0.05) is 5.92 Å². The number of carbonyl (C=O) groups is 1. The second kappa shape index (κ2) is 9.90. The molecule has 0 saturated carbocycles. The zero-order chi connectivity index (χ0) is 22.3. The largest absolute Gasteiger partial charge is 0.489 e. The Morgan fingerprint density at radius 3 is 2.66 bits per heavy atom. The Labute approximate surface area is 186 Å². The predicted octanol–water partition coefficient (Wildman–Crippen LogP) is 3.18. The Morgan fingerprint density at radius 2 is 1.94 bits per heavy atom. The van der Waals surface area contributed by atoms with Crippen LogP contribution in [0.4, 0.5) is 11.6 Å². The van der Waals surface area contributed by atoms with Crippen molar-refractivity contribution in [2.45, 2.75) is 18.9 Å². The molecule has 4 rings (SSSR count). The summed E-state index contributed by atoms with van der Waals surface area (Å²) in [4.78, 5) is 24.6. The maximum absolute atomic E-state index is 11.7. The SMILES string of the molecule is C#Cc1cc(-c2ncnc(Nc3ccc(C(=O)NC)cc3)n2)ccc1OC1CCOCC1. The van der Waals surface area contributed by atoms with Gasteiger partial charge in [0.05, 0.1) is 18.8 Å². The van der Waals surface area contributed by atoms with Crippen molar-refractivity contribution >= 4 is 17.5 Å². The van der Waals surface area contributed by atoms with Crippen LogP contribution >= 0.6 is 0 Å². The fourth-order valence-electron chi connectivity index (χ4n) is 3.33. The third-order valence-corrected chi connectivity index (χ3v) is 5.06. The number of ether oxygens (including phenoxy) is 2. The van der Waals surface area contributed by atoms with Gasteiger partial charge in [-0.2, -0.15) is 4.98 Å². The molecule has 1 saturated heterocycles. The Kier molecular flexibility index (Phi) is 6.58. The van der Waals surface area contributed by atoms with E-state index in [4.69, 9.17) is 15.9 Å². The number of nitrogens with zero attached hydrogens (tertiary/aromatic N) is 3. The van der Waals surface area contributed by atoms with Crippen molar-refractivity contribution in [1.29, 1.82) is 0 Å². The van der Waals surface area contributed by atoms with E-state index in [1.807, 2.05) is 18.2 Å². The van der Waals surface area contributed by atoms with E-state index < -0.39 is 0 Å². The molecule has 0 unspecified atom stereocenters. The number of hydrogen-bond acceptors (Lipinski definition) is 7. The summed E-state index contributed by atoms with van der Waals surface area (Å²) >= 11 is 0. The summed E-state index contributed by atoms with van der Waals surface area (Å²) in [5, 5.41) is 5.71. The number of aromatic nitrogens is 3. The summed E-state index contributed by atoms with van der Waals surface area (Å²) in [5.74, 6) is 4.09. The minimum Gasteiger partial charge on any atom is -0.489 e.